The van der Waals surface area contributed by atoms with E-state index in [0.717, 1.165) is 51.4 Å². The summed E-state index contributed by atoms with van der Waals surface area (Å²) in [6.45, 7) is 1.64. The lowest BCUT2D eigenvalue weighted by Crippen LogP contribution is -2.66. The molecule has 0 saturated carbocycles. The second-order valence-electron chi connectivity index (χ2n) is 24.6. The van der Waals surface area contributed by atoms with Crippen molar-refractivity contribution in [1.29, 1.82) is 0 Å². The molecule has 3 aliphatic rings. The Morgan fingerprint density at radius 2 is 0.770 bits per heavy atom. The number of hydrogen-bond acceptors (Lipinski definition) is 18. The molecule has 0 aromatic rings. The molecule has 0 bridgehead atoms. The van der Waals surface area contributed by atoms with E-state index in [-0.39, 0.29) is 18.9 Å². The Balaban J connectivity index is 1.32. The highest BCUT2D eigenvalue weighted by Gasteiger charge is 2.53. The molecule has 3 fully saturated rings. The first-order chi connectivity index (χ1) is 42.3. The third-order valence-corrected chi connectivity index (χ3v) is 17.1. The summed E-state index contributed by atoms with van der Waals surface area (Å²) < 4.78 is 34.2. The molecule has 3 rings (SSSR count). The summed E-state index contributed by atoms with van der Waals surface area (Å²) in [6, 6.07) is -0.987. The predicted octanol–water partition coefficient (Wildman–Crippen LogP) is 8.61. The van der Waals surface area contributed by atoms with Crippen molar-refractivity contribution in [2.75, 3.05) is 26.4 Å². The van der Waals surface area contributed by atoms with Crippen LogP contribution in [0.1, 0.15) is 245 Å². The van der Waals surface area contributed by atoms with Gasteiger partial charge in [0.25, 0.3) is 0 Å². The zero-order chi connectivity index (χ0) is 63.3. The van der Waals surface area contributed by atoms with Crippen molar-refractivity contribution >= 4 is 5.91 Å². The number of unbranched alkanes of at least 4 members (excludes halogenated alkanes) is 30. The summed E-state index contributed by atoms with van der Waals surface area (Å²) in [5.41, 5.74) is 0. The van der Waals surface area contributed by atoms with Crippen LogP contribution in [0.25, 0.3) is 0 Å². The number of hydrogen-bond donors (Lipinski definition) is 12. The van der Waals surface area contributed by atoms with E-state index >= 15 is 0 Å². The number of ether oxygens (including phenoxy) is 6. The lowest BCUT2D eigenvalue weighted by molar-refractivity contribution is -0.379. The predicted molar refractivity (Wildman–Crippen MR) is 337 cm³/mol. The fourth-order valence-corrected chi connectivity index (χ4v) is 11.5. The number of carbonyl (C=O) groups is 1. The van der Waals surface area contributed by atoms with Gasteiger partial charge in [-0.05, 0) is 64.2 Å². The van der Waals surface area contributed by atoms with Crippen molar-refractivity contribution in [3.63, 3.8) is 0 Å². The van der Waals surface area contributed by atoms with Crippen molar-refractivity contribution < 1.29 is 89.4 Å². The average molecular weight is 1240 g/mol. The number of nitrogens with one attached hydrogen (secondary N) is 1. The van der Waals surface area contributed by atoms with Crippen LogP contribution >= 0.6 is 0 Å². The second kappa shape index (κ2) is 50.3. The van der Waals surface area contributed by atoms with Crippen molar-refractivity contribution in [1.82, 2.24) is 5.32 Å². The molecule has 0 radical (unpaired) electrons. The van der Waals surface area contributed by atoms with Crippen LogP contribution in [0.4, 0.5) is 0 Å². The molecule has 0 aromatic heterocycles. The van der Waals surface area contributed by atoms with Crippen molar-refractivity contribution in [2.24, 2.45) is 0 Å². The minimum absolute atomic E-state index is 0.237. The van der Waals surface area contributed by atoms with Gasteiger partial charge in [0.2, 0.25) is 5.91 Å². The van der Waals surface area contributed by atoms with Gasteiger partial charge in [0.1, 0.15) is 73.2 Å². The normalized spacial score (nSPS) is 28.9. The van der Waals surface area contributed by atoms with E-state index in [1.54, 1.807) is 6.08 Å². The van der Waals surface area contributed by atoms with Crippen LogP contribution in [0.15, 0.2) is 48.6 Å². The number of aliphatic hydroxyl groups is 11. The Hall–Kier alpha value is -2.25. The van der Waals surface area contributed by atoms with Crippen LogP contribution in [-0.4, -0.2) is 193 Å². The average Bonchev–Trinajstić information content (AvgIpc) is 3.66. The summed E-state index contributed by atoms with van der Waals surface area (Å²) in [7, 11) is 0. The molecule has 3 aliphatic heterocycles. The Kier molecular flexibility index (Phi) is 45.7. The summed E-state index contributed by atoms with van der Waals surface area (Å²) in [6.07, 6.45) is 32.9. The Labute approximate surface area is 523 Å². The van der Waals surface area contributed by atoms with E-state index in [0.29, 0.717) is 12.8 Å². The van der Waals surface area contributed by atoms with Gasteiger partial charge in [-0.3, -0.25) is 4.79 Å². The highest BCUT2D eigenvalue weighted by Crippen LogP contribution is 2.33. The molecule has 87 heavy (non-hydrogen) atoms. The third-order valence-electron chi connectivity index (χ3n) is 17.1. The van der Waals surface area contributed by atoms with Gasteiger partial charge in [-0.2, -0.15) is 0 Å². The zero-order valence-corrected chi connectivity index (χ0v) is 53.5. The van der Waals surface area contributed by atoms with Crippen LogP contribution < -0.4 is 5.32 Å². The smallest absolute Gasteiger partial charge is 0.220 e. The maximum Gasteiger partial charge on any atom is 0.220 e. The molecule has 508 valence electrons. The van der Waals surface area contributed by atoms with Gasteiger partial charge in [-0.1, -0.05) is 223 Å². The summed E-state index contributed by atoms with van der Waals surface area (Å²) >= 11 is 0. The first-order valence-corrected chi connectivity index (χ1v) is 34.4. The summed E-state index contributed by atoms with van der Waals surface area (Å²) in [4.78, 5) is 13.3. The van der Waals surface area contributed by atoms with Crippen molar-refractivity contribution in [3.8, 4) is 0 Å². The van der Waals surface area contributed by atoms with Crippen LogP contribution in [0.2, 0.25) is 0 Å². The first-order valence-electron chi connectivity index (χ1n) is 34.4. The van der Waals surface area contributed by atoms with Crippen molar-refractivity contribution in [2.45, 2.75) is 349 Å². The van der Waals surface area contributed by atoms with E-state index in [1.807, 2.05) is 6.08 Å². The van der Waals surface area contributed by atoms with Gasteiger partial charge < -0.3 is 89.9 Å². The third kappa shape index (κ3) is 32.7. The number of aliphatic hydroxyl groups excluding tert-OH is 11. The highest BCUT2D eigenvalue weighted by molar-refractivity contribution is 5.76. The fourth-order valence-electron chi connectivity index (χ4n) is 11.5. The molecule has 17 atom stereocenters. The zero-order valence-electron chi connectivity index (χ0n) is 53.5. The highest BCUT2D eigenvalue weighted by atomic mass is 16.8. The Bertz CT molecular complexity index is 1770. The topological polar surface area (TPSA) is 307 Å². The standard InChI is InChI=1S/C68H123NO18/c1-3-5-7-9-11-13-14-15-16-17-18-19-20-21-22-23-24-25-26-27-28-29-30-31-32-33-34-35-36-38-40-42-44-46-56(74)69-51(52(73)45-43-41-39-37-12-10-8-6-4-2)50-82-66-62(80)59(77)64(54(48-71)84-66)87-68-63(81)60(78)65(55(49-72)85-68)86-67-61(79)58(76)57(75)53(47-70)83-67/h12,14-15,17-18,37,43,45,51-55,57-68,70-73,75-81H,3-11,13,16,19-36,38-42,44,46-50H2,1-2H3,(H,69,74)/b15-14-,18-17-,37-12+,45-43+. The molecular formula is C68H123NO18. The molecule has 3 saturated heterocycles. The van der Waals surface area contributed by atoms with Crippen LogP contribution in [-0.2, 0) is 33.2 Å². The summed E-state index contributed by atoms with van der Waals surface area (Å²) in [5, 5.41) is 120. The molecule has 17 unspecified atom stereocenters. The van der Waals surface area contributed by atoms with Gasteiger partial charge in [-0.15, -0.1) is 0 Å². The quantitative estimate of drug-likeness (QED) is 0.0200. The minimum Gasteiger partial charge on any atom is -0.394 e. The van der Waals surface area contributed by atoms with Crippen LogP contribution in [0, 0.1) is 0 Å². The fraction of sp³-hybridized carbons (Fsp3) is 0.868. The van der Waals surface area contributed by atoms with E-state index in [1.165, 1.54) is 161 Å². The Morgan fingerprint density at radius 3 is 1.24 bits per heavy atom. The maximum absolute atomic E-state index is 13.3. The van der Waals surface area contributed by atoms with Gasteiger partial charge in [0.15, 0.2) is 18.9 Å². The van der Waals surface area contributed by atoms with Gasteiger partial charge in [0.05, 0.1) is 38.6 Å². The maximum atomic E-state index is 13.3. The molecule has 0 spiro atoms. The number of allylic oxidation sites excluding steroid dienone is 7. The molecule has 12 N–H and O–H groups in total. The second-order valence-corrected chi connectivity index (χ2v) is 24.6. The monoisotopic (exact) mass is 1240 g/mol. The van der Waals surface area contributed by atoms with E-state index < -0.39 is 124 Å². The molecule has 0 aliphatic carbocycles. The number of carbonyl (C=O) groups excluding carboxylic acids is 1. The van der Waals surface area contributed by atoms with Crippen molar-refractivity contribution in [3.05, 3.63) is 48.6 Å². The molecule has 3 heterocycles. The SMILES string of the molecule is CCCCC/C=C/CC/C=C/C(O)C(COC1OC(CO)C(OC2OC(CO)C(OC3OC(CO)C(O)C(O)C3O)C(O)C2O)C(O)C1O)NC(=O)CCCCCCCCCCCCCCCCCCCCCCC/C=C\C/C=C\CCCCCCC. The van der Waals surface area contributed by atoms with Crippen LogP contribution in [0.3, 0.4) is 0 Å². The number of rotatable bonds is 52. The van der Waals surface area contributed by atoms with Gasteiger partial charge >= 0.3 is 0 Å². The molecule has 19 heteroatoms. The lowest BCUT2D eigenvalue weighted by Gasteiger charge is -2.48. The lowest BCUT2D eigenvalue weighted by atomic mass is 9.96. The molecular weight excluding hydrogens is 1120 g/mol. The van der Waals surface area contributed by atoms with E-state index in [2.05, 4.69) is 55.6 Å². The van der Waals surface area contributed by atoms with Gasteiger partial charge in [-0.25, -0.2) is 0 Å². The molecule has 19 nitrogen and oxygen atoms in total. The largest absolute Gasteiger partial charge is 0.394 e. The summed E-state index contributed by atoms with van der Waals surface area (Å²) in [5.74, 6) is -0.286. The Morgan fingerprint density at radius 1 is 0.414 bits per heavy atom. The minimum atomic E-state index is -1.98. The first kappa shape index (κ1) is 79.0. The molecule has 1 amide bonds. The van der Waals surface area contributed by atoms with E-state index in [4.69, 9.17) is 28.4 Å². The van der Waals surface area contributed by atoms with Gasteiger partial charge in [0, 0.05) is 6.42 Å². The van der Waals surface area contributed by atoms with Crippen LogP contribution in [0.5, 0.6) is 0 Å². The van der Waals surface area contributed by atoms with E-state index in [9.17, 15) is 61.0 Å². The number of amides is 1. The molecule has 0 aromatic carbocycles.